The van der Waals surface area contributed by atoms with Gasteiger partial charge in [0.15, 0.2) is 6.29 Å². The molecule has 98 valence electrons. The average molecular weight is 251 g/mol. The number of carbonyl (C=O) groups excluding carboxylic acids is 1. The van der Waals surface area contributed by atoms with Gasteiger partial charge in [-0.25, -0.2) is 4.79 Å². The first-order valence-corrected chi connectivity index (χ1v) is 5.91. The molecule has 2 unspecified atom stereocenters. The van der Waals surface area contributed by atoms with Crippen molar-refractivity contribution in [2.24, 2.45) is 0 Å². The van der Waals surface area contributed by atoms with E-state index in [2.05, 4.69) is 5.32 Å². The lowest BCUT2D eigenvalue weighted by molar-refractivity contribution is -0.0662. The zero-order valence-corrected chi connectivity index (χ0v) is 10.7. The Morgan fingerprint density at radius 2 is 1.83 bits per heavy atom. The number of benzene rings is 1. The molecule has 1 amide bonds. The van der Waals surface area contributed by atoms with Gasteiger partial charge in [0.25, 0.3) is 0 Å². The van der Waals surface area contributed by atoms with Crippen molar-refractivity contribution in [3.05, 3.63) is 29.8 Å². The summed E-state index contributed by atoms with van der Waals surface area (Å²) < 4.78 is 16.5. The van der Waals surface area contributed by atoms with E-state index in [0.29, 0.717) is 5.75 Å². The number of carbonyl (C=O) groups is 1. The van der Waals surface area contributed by atoms with Crippen molar-refractivity contribution in [2.75, 3.05) is 7.05 Å². The largest absolute Gasteiger partial charge is 0.412 e. The second kappa shape index (κ2) is 5.37. The third kappa shape index (κ3) is 2.63. The number of amides is 1. The molecule has 5 nitrogen and oxygen atoms in total. The van der Waals surface area contributed by atoms with Crippen molar-refractivity contribution in [3.63, 3.8) is 0 Å². The normalized spacial score (nSPS) is 26.9. The molecule has 1 aromatic rings. The van der Waals surface area contributed by atoms with Gasteiger partial charge in [0, 0.05) is 7.05 Å². The molecule has 5 heteroatoms. The number of hydrogen-bond acceptors (Lipinski definition) is 4. The number of hydrogen-bond donors (Lipinski definition) is 1. The van der Waals surface area contributed by atoms with Crippen molar-refractivity contribution < 1.29 is 19.0 Å². The van der Waals surface area contributed by atoms with Crippen LogP contribution in [0, 0.1) is 0 Å². The van der Waals surface area contributed by atoms with Crippen LogP contribution in [0.25, 0.3) is 0 Å². The van der Waals surface area contributed by atoms with E-state index >= 15 is 0 Å². The van der Waals surface area contributed by atoms with Crippen LogP contribution in [0.4, 0.5) is 4.79 Å². The van der Waals surface area contributed by atoms with Crippen molar-refractivity contribution in [1.82, 2.24) is 5.32 Å². The quantitative estimate of drug-likeness (QED) is 0.875. The molecule has 1 aliphatic heterocycles. The molecule has 1 heterocycles. The fourth-order valence-corrected chi connectivity index (χ4v) is 1.71. The van der Waals surface area contributed by atoms with Gasteiger partial charge in [0.1, 0.15) is 5.75 Å². The predicted molar refractivity (Wildman–Crippen MR) is 65.4 cm³/mol. The van der Waals surface area contributed by atoms with Crippen molar-refractivity contribution in [2.45, 2.75) is 32.3 Å². The topological polar surface area (TPSA) is 56.8 Å². The van der Waals surface area contributed by atoms with Gasteiger partial charge < -0.3 is 19.5 Å². The Morgan fingerprint density at radius 3 is 2.44 bits per heavy atom. The van der Waals surface area contributed by atoms with Crippen molar-refractivity contribution in [1.29, 1.82) is 0 Å². The molecule has 0 radical (unpaired) electrons. The summed E-state index contributed by atoms with van der Waals surface area (Å²) in [5, 5.41) is 2.41. The van der Waals surface area contributed by atoms with Gasteiger partial charge in [-0.05, 0) is 19.9 Å². The van der Waals surface area contributed by atoms with E-state index in [9.17, 15) is 4.79 Å². The van der Waals surface area contributed by atoms with Crippen LogP contribution in [-0.2, 0) is 9.47 Å². The van der Waals surface area contributed by atoms with Gasteiger partial charge >= 0.3 is 6.09 Å². The second-order valence-corrected chi connectivity index (χ2v) is 4.19. The summed E-state index contributed by atoms with van der Waals surface area (Å²) in [6, 6.07) is 7.19. The molecule has 1 saturated heterocycles. The number of para-hydroxylation sites is 1. The first-order valence-electron chi connectivity index (χ1n) is 5.91. The maximum atomic E-state index is 11.3. The first-order chi connectivity index (χ1) is 8.61. The van der Waals surface area contributed by atoms with Crippen LogP contribution < -0.4 is 10.1 Å². The molecule has 1 fully saturated rings. The van der Waals surface area contributed by atoms with Crippen LogP contribution in [0.2, 0.25) is 0 Å². The second-order valence-electron chi connectivity index (χ2n) is 4.19. The highest BCUT2D eigenvalue weighted by Crippen LogP contribution is 2.35. The number of nitrogens with one attached hydrogen (secondary N) is 1. The molecule has 18 heavy (non-hydrogen) atoms. The third-order valence-corrected chi connectivity index (χ3v) is 2.92. The summed E-state index contributed by atoms with van der Waals surface area (Å²) >= 11 is 0. The molecule has 0 bridgehead atoms. The minimum Gasteiger partial charge on any atom is -0.410 e. The number of ether oxygens (including phenoxy) is 3. The average Bonchev–Trinajstić information content (AvgIpc) is 2.70. The van der Waals surface area contributed by atoms with E-state index in [1.165, 1.54) is 7.05 Å². The minimum absolute atomic E-state index is 0.0167. The van der Waals surface area contributed by atoms with E-state index in [0.717, 1.165) is 5.56 Å². The van der Waals surface area contributed by atoms with Gasteiger partial charge in [0.05, 0.1) is 17.8 Å². The molecule has 1 aromatic carbocycles. The summed E-state index contributed by atoms with van der Waals surface area (Å²) in [5.74, 6) is 0.447. The van der Waals surface area contributed by atoms with Gasteiger partial charge in [-0.3, -0.25) is 0 Å². The van der Waals surface area contributed by atoms with E-state index in [-0.39, 0.29) is 12.2 Å². The Kier molecular flexibility index (Phi) is 3.84. The fraction of sp³-hybridized carbons (Fsp3) is 0.462. The summed E-state index contributed by atoms with van der Waals surface area (Å²) in [7, 11) is 1.51. The summed E-state index contributed by atoms with van der Waals surface area (Å²) in [4.78, 5) is 11.3. The zero-order valence-electron chi connectivity index (χ0n) is 10.7. The smallest absolute Gasteiger partial charge is 0.410 e. The molecule has 2 atom stereocenters. The molecule has 0 aromatic heterocycles. The first kappa shape index (κ1) is 12.9. The van der Waals surface area contributed by atoms with E-state index in [1.807, 2.05) is 26.0 Å². The molecule has 0 aliphatic carbocycles. The fourth-order valence-electron chi connectivity index (χ4n) is 1.71. The summed E-state index contributed by atoms with van der Waals surface area (Å²) in [5.41, 5.74) is 0.720. The Labute approximate surface area is 106 Å². The molecule has 2 rings (SSSR count). The molecule has 1 N–H and O–H groups in total. The van der Waals surface area contributed by atoms with Crippen molar-refractivity contribution >= 4 is 6.09 Å². The minimum atomic E-state index is -0.512. The monoisotopic (exact) mass is 251 g/mol. The molecular weight excluding hydrogens is 234 g/mol. The van der Waals surface area contributed by atoms with E-state index in [4.69, 9.17) is 14.2 Å². The Hall–Kier alpha value is -1.59. The standard InChI is InChI=1S/C13H17NO4/c1-8-9(2)17-12(16-8)10-6-4-5-7-11(10)18-13(15)14-3/h4-9,12H,1-3H3,(H,14,15). The third-order valence-electron chi connectivity index (χ3n) is 2.92. The van der Waals surface area contributed by atoms with Gasteiger partial charge in [-0.15, -0.1) is 0 Å². The highest BCUT2D eigenvalue weighted by molar-refractivity contribution is 5.70. The summed E-state index contributed by atoms with van der Waals surface area (Å²) in [6.07, 6.45) is -0.969. The SMILES string of the molecule is CNC(=O)Oc1ccccc1C1OC(C)C(C)O1. The van der Waals surface area contributed by atoms with Gasteiger partial charge in [0.2, 0.25) is 0 Å². The molecular formula is C13H17NO4. The predicted octanol–water partition coefficient (Wildman–Crippen LogP) is 2.23. The lowest BCUT2D eigenvalue weighted by Gasteiger charge is -2.14. The van der Waals surface area contributed by atoms with E-state index < -0.39 is 12.4 Å². The van der Waals surface area contributed by atoms with Crippen LogP contribution in [0.5, 0.6) is 5.75 Å². The Morgan fingerprint density at radius 1 is 1.22 bits per heavy atom. The lowest BCUT2D eigenvalue weighted by Crippen LogP contribution is -2.23. The van der Waals surface area contributed by atoms with Gasteiger partial charge in [-0.1, -0.05) is 18.2 Å². The van der Waals surface area contributed by atoms with Crippen LogP contribution in [0.1, 0.15) is 25.7 Å². The molecule has 1 aliphatic rings. The Balaban J connectivity index is 2.20. The van der Waals surface area contributed by atoms with Crippen LogP contribution in [-0.4, -0.2) is 25.3 Å². The van der Waals surface area contributed by atoms with E-state index in [1.54, 1.807) is 12.1 Å². The maximum absolute atomic E-state index is 11.3. The molecule has 0 spiro atoms. The zero-order chi connectivity index (χ0) is 13.1. The van der Waals surface area contributed by atoms with Crippen LogP contribution in [0.15, 0.2) is 24.3 Å². The van der Waals surface area contributed by atoms with Crippen molar-refractivity contribution in [3.8, 4) is 5.75 Å². The Bertz CT molecular complexity index is 425. The van der Waals surface area contributed by atoms with Crippen LogP contribution >= 0.6 is 0 Å². The highest BCUT2D eigenvalue weighted by atomic mass is 16.7. The summed E-state index contributed by atoms with van der Waals surface area (Å²) in [6.45, 7) is 3.90. The maximum Gasteiger partial charge on any atom is 0.412 e. The van der Waals surface area contributed by atoms with Gasteiger partial charge in [-0.2, -0.15) is 0 Å². The highest BCUT2D eigenvalue weighted by Gasteiger charge is 2.32. The number of rotatable bonds is 2. The van der Waals surface area contributed by atoms with Crippen LogP contribution in [0.3, 0.4) is 0 Å². The lowest BCUT2D eigenvalue weighted by atomic mass is 10.2. The molecule has 0 saturated carbocycles.